The van der Waals surface area contributed by atoms with Crippen LogP contribution in [0.3, 0.4) is 0 Å². The number of rotatable bonds is 5. The van der Waals surface area contributed by atoms with Crippen molar-refractivity contribution in [3.05, 3.63) is 65.4 Å². The molecule has 0 fully saturated rings. The maximum absolute atomic E-state index is 10.6. The molecule has 29 heavy (non-hydrogen) atoms. The second-order valence-electron chi connectivity index (χ2n) is 7.51. The predicted molar refractivity (Wildman–Crippen MR) is 122 cm³/mol. The van der Waals surface area contributed by atoms with E-state index in [2.05, 4.69) is 22.1 Å². The molecule has 5 N–H and O–H groups in total. The summed E-state index contributed by atoms with van der Waals surface area (Å²) < 4.78 is 0. The number of halogens is 1. The zero-order valence-electron chi connectivity index (χ0n) is 15.9. The topological polar surface area (TPSA) is 77.8 Å². The maximum Gasteiger partial charge on any atom is 0.119 e. The van der Waals surface area contributed by atoms with Gasteiger partial charge in [0.25, 0.3) is 0 Å². The monoisotopic (exact) mass is 403 g/mol. The van der Waals surface area contributed by atoms with Gasteiger partial charge in [-0.2, -0.15) is 0 Å². The Balaban J connectivity index is 1.76. The van der Waals surface area contributed by atoms with Gasteiger partial charge in [0.05, 0.1) is 0 Å². The Morgan fingerprint density at radius 1 is 0.897 bits per heavy atom. The number of phenols is 1. The molecule has 0 saturated heterocycles. The Hall–Kier alpha value is -2.95. The molecule has 0 bridgehead atoms. The summed E-state index contributed by atoms with van der Waals surface area (Å²) in [4.78, 5) is 6.80. The normalized spacial score (nSPS) is 11.8. The van der Waals surface area contributed by atoms with Crippen LogP contribution in [0.2, 0.25) is 5.02 Å². The first-order valence-electron chi connectivity index (χ1n) is 9.89. The van der Waals surface area contributed by atoms with Gasteiger partial charge < -0.3 is 20.8 Å². The van der Waals surface area contributed by atoms with Crippen LogP contribution in [-0.2, 0) is 6.42 Å². The number of aromatic hydroxyl groups is 1. The van der Waals surface area contributed by atoms with Crippen molar-refractivity contribution in [3.63, 3.8) is 0 Å². The second-order valence-corrected chi connectivity index (χ2v) is 7.91. The van der Waals surface area contributed by atoms with Crippen molar-refractivity contribution in [1.82, 2.24) is 9.97 Å². The van der Waals surface area contributed by atoms with E-state index in [9.17, 15) is 5.11 Å². The molecule has 0 spiro atoms. The van der Waals surface area contributed by atoms with E-state index < -0.39 is 0 Å². The molecule has 3 aromatic carbocycles. The number of benzene rings is 3. The lowest BCUT2D eigenvalue weighted by Gasteiger charge is -2.08. The van der Waals surface area contributed by atoms with Gasteiger partial charge >= 0.3 is 0 Å². The first-order valence-corrected chi connectivity index (χ1v) is 10.3. The first kappa shape index (κ1) is 18.1. The number of hydrogen-bond acceptors (Lipinski definition) is 2. The van der Waals surface area contributed by atoms with E-state index in [1.165, 1.54) is 0 Å². The highest BCUT2D eigenvalue weighted by Gasteiger charge is 2.16. The van der Waals surface area contributed by atoms with Crippen LogP contribution in [0, 0.1) is 0 Å². The fraction of sp³-hybridized carbons (Fsp3) is 0.167. The second kappa shape index (κ2) is 7.14. The summed E-state index contributed by atoms with van der Waals surface area (Å²) in [5, 5.41) is 15.7. The summed E-state index contributed by atoms with van der Waals surface area (Å²) in [5.74, 6) is 0.342. The number of fused-ring (bicyclic) bond motifs is 5. The van der Waals surface area contributed by atoms with Crippen LogP contribution in [0.4, 0.5) is 0 Å². The van der Waals surface area contributed by atoms with Gasteiger partial charge in [-0.05, 0) is 61.2 Å². The highest BCUT2D eigenvalue weighted by molar-refractivity contribution is 6.34. The van der Waals surface area contributed by atoms with Crippen LogP contribution in [-0.4, -0.2) is 21.6 Å². The van der Waals surface area contributed by atoms with Crippen LogP contribution in [0.25, 0.3) is 43.7 Å². The average Bonchev–Trinajstić information content (AvgIpc) is 3.32. The van der Waals surface area contributed by atoms with E-state index >= 15 is 0 Å². The lowest BCUT2D eigenvalue weighted by Crippen LogP contribution is -1.99. The third-order valence-corrected chi connectivity index (χ3v) is 6.01. The molecule has 2 aromatic heterocycles. The molecule has 5 heteroatoms. The minimum absolute atomic E-state index is 0.342. The Labute approximate surface area is 173 Å². The van der Waals surface area contributed by atoms with Crippen molar-refractivity contribution in [3.8, 4) is 16.9 Å². The minimum Gasteiger partial charge on any atom is -0.508 e. The summed E-state index contributed by atoms with van der Waals surface area (Å²) in [6.07, 6.45) is 6.76. The molecule has 0 aliphatic carbocycles. The number of aromatic amines is 2. The molecule has 146 valence electrons. The number of unbranched alkanes of at least 4 members (excludes halogenated alkanes) is 1. The zero-order chi connectivity index (χ0) is 20.0. The largest absolute Gasteiger partial charge is 0.508 e. The lowest BCUT2D eigenvalue weighted by atomic mass is 9.97. The van der Waals surface area contributed by atoms with Crippen molar-refractivity contribution in [2.24, 2.45) is 5.73 Å². The standard InChI is InChI=1S/C24H22ClN3O/c25-20-7-2-1-6-15(20)16-10-22-24(19-13-27-12-18(16)19)17-11-23(29)14(5-3-4-8-26)9-21(17)28-22/h1-2,6-7,9-13,27-29H,3-5,8,26H2. The smallest absolute Gasteiger partial charge is 0.119 e. The van der Waals surface area contributed by atoms with E-state index in [4.69, 9.17) is 17.3 Å². The number of nitrogens with two attached hydrogens (primary N) is 1. The molecule has 4 nitrogen and oxygen atoms in total. The molecule has 0 aliphatic heterocycles. The van der Waals surface area contributed by atoms with Crippen LogP contribution >= 0.6 is 11.6 Å². The van der Waals surface area contributed by atoms with Crippen molar-refractivity contribution in [2.75, 3.05) is 6.54 Å². The average molecular weight is 404 g/mol. The summed E-state index contributed by atoms with van der Waals surface area (Å²) in [5.41, 5.74) is 10.7. The Kier molecular flexibility index (Phi) is 4.46. The molecular weight excluding hydrogens is 382 g/mol. The van der Waals surface area contributed by atoms with Gasteiger partial charge in [0.2, 0.25) is 0 Å². The fourth-order valence-electron chi connectivity index (χ4n) is 4.27. The van der Waals surface area contributed by atoms with E-state index in [0.29, 0.717) is 12.3 Å². The van der Waals surface area contributed by atoms with Gasteiger partial charge in [-0.15, -0.1) is 0 Å². The number of H-pyrrole nitrogens is 2. The Morgan fingerprint density at radius 3 is 2.55 bits per heavy atom. The van der Waals surface area contributed by atoms with Gasteiger partial charge in [0, 0.05) is 55.6 Å². The SMILES string of the molecule is NCCCCc1cc2[nH]c3cc(-c4ccccc4Cl)c4c[nH]cc4c3c2cc1O. The summed E-state index contributed by atoms with van der Waals surface area (Å²) in [6, 6.07) is 14.0. The fourth-order valence-corrected chi connectivity index (χ4v) is 4.51. The molecule has 0 atom stereocenters. The van der Waals surface area contributed by atoms with E-state index in [0.717, 1.165) is 73.6 Å². The number of hydrogen-bond donors (Lipinski definition) is 4. The lowest BCUT2D eigenvalue weighted by molar-refractivity contribution is 0.467. The molecule has 0 unspecified atom stereocenters. The number of phenolic OH excluding ortho intramolecular Hbond substituents is 1. The molecule has 2 heterocycles. The zero-order valence-corrected chi connectivity index (χ0v) is 16.7. The minimum atomic E-state index is 0.342. The van der Waals surface area contributed by atoms with Crippen LogP contribution in [0.5, 0.6) is 5.75 Å². The molecule has 0 radical (unpaired) electrons. The quantitative estimate of drug-likeness (QED) is 0.267. The molecule has 0 saturated carbocycles. The molecule has 0 amide bonds. The van der Waals surface area contributed by atoms with E-state index in [1.54, 1.807) is 0 Å². The van der Waals surface area contributed by atoms with Gasteiger partial charge in [-0.1, -0.05) is 29.8 Å². The van der Waals surface area contributed by atoms with Crippen molar-refractivity contribution in [1.29, 1.82) is 0 Å². The van der Waals surface area contributed by atoms with Gasteiger partial charge in [-0.25, -0.2) is 0 Å². The Morgan fingerprint density at radius 2 is 1.72 bits per heavy atom. The first-order chi connectivity index (χ1) is 14.2. The van der Waals surface area contributed by atoms with E-state index in [-0.39, 0.29) is 0 Å². The van der Waals surface area contributed by atoms with E-state index in [1.807, 2.05) is 42.7 Å². The van der Waals surface area contributed by atoms with Gasteiger partial charge in [0.1, 0.15) is 5.75 Å². The molecule has 0 aliphatic rings. The molecule has 5 rings (SSSR count). The summed E-state index contributed by atoms with van der Waals surface area (Å²) in [7, 11) is 0. The van der Waals surface area contributed by atoms with Crippen LogP contribution in [0.15, 0.2) is 54.9 Å². The number of aryl methyl sites for hydroxylation is 1. The van der Waals surface area contributed by atoms with Crippen LogP contribution in [0.1, 0.15) is 18.4 Å². The van der Waals surface area contributed by atoms with Crippen LogP contribution < -0.4 is 5.73 Å². The van der Waals surface area contributed by atoms with Gasteiger partial charge in [0.15, 0.2) is 0 Å². The highest BCUT2D eigenvalue weighted by atomic mass is 35.5. The highest BCUT2D eigenvalue weighted by Crippen LogP contribution is 2.41. The number of nitrogens with one attached hydrogen (secondary N) is 2. The van der Waals surface area contributed by atoms with Crippen molar-refractivity contribution in [2.45, 2.75) is 19.3 Å². The molecule has 5 aromatic rings. The Bertz CT molecular complexity index is 1350. The van der Waals surface area contributed by atoms with Gasteiger partial charge in [-0.3, -0.25) is 0 Å². The number of aromatic nitrogens is 2. The van der Waals surface area contributed by atoms with Crippen molar-refractivity contribution < 1.29 is 5.11 Å². The third kappa shape index (κ3) is 2.96. The maximum atomic E-state index is 10.6. The summed E-state index contributed by atoms with van der Waals surface area (Å²) in [6.45, 7) is 0.672. The van der Waals surface area contributed by atoms with Crippen molar-refractivity contribution >= 4 is 44.2 Å². The predicted octanol–water partition coefficient (Wildman–Crippen LogP) is 6.11. The third-order valence-electron chi connectivity index (χ3n) is 5.68. The summed E-state index contributed by atoms with van der Waals surface area (Å²) >= 11 is 6.50. The molecular formula is C24H22ClN3O.